The molecule has 2 amide bonds. The van der Waals surface area contributed by atoms with Crippen molar-refractivity contribution < 1.29 is 29.4 Å². The third-order valence-corrected chi connectivity index (χ3v) is 5.41. The second kappa shape index (κ2) is 20.8. The molecule has 0 rings (SSSR count). The first-order chi connectivity index (χ1) is 15.4. The Morgan fingerprint density at radius 2 is 1.12 bits per heavy atom. The summed E-state index contributed by atoms with van der Waals surface area (Å²) in [5, 5.41) is 23.1. The Morgan fingerprint density at radius 3 is 1.56 bits per heavy atom. The Balaban J connectivity index is 3.61. The van der Waals surface area contributed by atoms with E-state index in [1.807, 2.05) is 6.92 Å². The van der Waals surface area contributed by atoms with Crippen molar-refractivity contribution >= 4 is 23.8 Å². The molecule has 0 aromatic carbocycles. The normalized spacial score (nSPS) is 11.7. The van der Waals surface area contributed by atoms with Gasteiger partial charge in [0, 0.05) is 25.8 Å². The molecule has 0 radical (unpaired) electrons. The Hall–Kier alpha value is -2.12. The summed E-state index contributed by atoms with van der Waals surface area (Å²) in [6, 6.07) is -1.02. The van der Waals surface area contributed by atoms with Gasteiger partial charge in [0.25, 0.3) is 0 Å². The Bertz CT molecular complexity index is 539. The van der Waals surface area contributed by atoms with E-state index in [2.05, 4.69) is 10.6 Å². The Labute approximate surface area is 192 Å². The van der Waals surface area contributed by atoms with Crippen LogP contribution in [0.3, 0.4) is 0 Å². The number of rotatable bonds is 22. The van der Waals surface area contributed by atoms with Gasteiger partial charge in [0.15, 0.2) is 0 Å². The zero-order valence-electron chi connectivity index (χ0n) is 19.8. The fourth-order valence-corrected chi connectivity index (χ4v) is 3.48. The van der Waals surface area contributed by atoms with Crippen LogP contribution in [0, 0.1) is 0 Å². The zero-order chi connectivity index (χ0) is 24.0. The number of aliphatic carboxylic acids is 2. The molecule has 0 fully saturated rings. The minimum absolute atomic E-state index is 0.0853. The molecule has 32 heavy (non-hydrogen) atoms. The predicted octanol–water partition coefficient (Wildman–Crippen LogP) is 4.41. The molecule has 0 heterocycles. The van der Waals surface area contributed by atoms with Gasteiger partial charge >= 0.3 is 11.9 Å². The lowest BCUT2D eigenvalue weighted by Gasteiger charge is -2.14. The number of carboxylic acids is 2. The highest BCUT2D eigenvalue weighted by Gasteiger charge is 2.20. The first-order valence-electron chi connectivity index (χ1n) is 12.4. The minimum atomic E-state index is -1.11. The van der Waals surface area contributed by atoms with Crippen LogP contribution in [0.4, 0.5) is 0 Å². The van der Waals surface area contributed by atoms with Gasteiger partial charge in [-0.2, -0.15) is 0 Å². The van der Waals surface area contributed by atoms with Crippen molar-refractivity contribution in [1.82, 2.24) is 10.6 Å². The number of nitrogens with one attached hydrogen (secondary N) is 2. The monoisotopic (exact) mass is 456 g/mol. The highest BCUT2D eigenvalue weighted by molar-refractivity contribution is 5.84. The molecule has 186 valence electrons. The molecule has 8 nitrogen and oxygen atoms in total. The van der Waals surface area contributed by atoms with Gasteiger partial charge in [-0.15, -0.1) is 0 Å². The first-order valence-corrected chi connectivity index (χ1v) is 12.4. The number of unbranched alkanes of at least 4 members (excludes halogenated alkanes) is 11. The van der Waals surface area contributed by atoms with E-state index < -0.39 is 18.0 Å². The van der Waals surface area contributed by atoms with E-state index >= 15 is 0 Å². The van der Waals surface area contributed by atoms with Crippen molar-refractivity contribution in [2.75, 3.05) is 6.54 Å². The van der Waals surface area contributed by atoms with Crippen LogP contribution < -0.4 is 10.6 Å². The third kappa shape index (κ3) is 19.8. The molecule has 0 spiro atoms. The second-order valence-corrected chi connectivity index (χ2v) is 8.48. The molecule has 0 bridgehead atoms. The lowest BCUT2D eigenvalue weighted by atomic mass is 10.0. The van der Waals surface area contributed by atoms with Crippen LogP contribution in [0.5, 0.6) is 0 Å². The van der Waals surface area contributed by atoms with Crippen molar-refractivity contribution in [1.29, 1.82) is 0 Å². The summed E-state index contributed by atoms with van der Waals surface area (Å²) >= 11 is 0. The smallest absolute Gasteiger partial charge is 0.326 e. The number of carbonyl (C=O) groups is 4. The summed E-state index contributed by atoms with van der Waals surface area (Å²) in [6.07, 6.45) is 14.4. The van der Waals surface area contributed by atoms with Gasteiger partial charge in [0.05, 0.1) is 0 Å². The highest BCUT2D eigenvalue weighted by atomic mass is 16.4. The van der Waals surface area contributed by atoms with Crippen LogP contribution >= 0.6 is 0 Å². The first kappa shape index (κ1) is 29.9. The fraction of sp³-hybridized carbons (Fsp3) is 0.833. The van der Waals surface area contributed by atoms with Crippen molar-refractivity contribution in [3.05, 3.63) is 0 Å². The van der Waals surface area contributed by atoms with E-state index in [9.17, 15) is 24.3 Å². The maximum absolute atomic E-state index is 12.0. The van der Waals surface area contributed by atoms with Gasteiger partial charge in [-0.1, -0.05) is 71.1 Å². The van der Waals surface area contributed by atoms with Crippen LogP contribution in [-0.2, 0) is 19.2 Å². The average Bonchev–Trinajstić information content (AvgIpc) is 2.74. The van der Waals surface area contributed by atoms with Crippen LogP contribution in [-0.4, -0.2) is 46.6 Å². The van der Waals surface area contributed by atoms with Gasteiger partial charge in [0.1, 0.15) is 6.04 Å². The SMILES string of the molecule is CCCNC(=O)CCC(NC(=O)CCCCCCCCCCCCCCC(=O)O)C(=O)O. The molecule has 0 aromatic heterocycles. The second-order valence-electron chi connectivity index (χ2n) is 8.48. The minimum Gasteiger partial charge on any atom is -0.481 e. The molecule has 1 atom stereocenters. The average molecular weight is 457 g/mol. The molecule has 0 aliphatic rings. The van der Waals surface area contributed by atoms with Gasteiger partial charge in [-0.05, 0) is 25.7 Å². The summed E-state index contributed by atoms with van der Waals surface area (Å²) in [5.41, 5.74) is 0. The largest absolute Gasteiger partial charge is 0.481 e. The van der Waals surface area contributed by atoms with Gasteiger partial charge in [-0.3, -0.25) is 14.4 Å². The van der Waals surface area contributed by atoms with Crippen LogP contribution in [0.15, 0.2) is 0 Å². The van der Waals surface area contributed by atoms with Crippen molar-refractivity contribution in [2.24, 2.45) is 0 Å². The van der Waals surface area contributed by atoms with E-state index in [0.29, 0.717) is 13.0 Å². The molecule has 0 aromatic rings. The van der Waals surface area contributed by atoms with E-state index in [1.54, 1.807) is 0 Å². The molecule has 0 saturated heterocycles. The quantitative estimate of drug-likeness (QED) is 0.178. The van der Waals surface area contributed by atoms with Crippen LogP contribution in [0.1, 0.15) is 116 Å². The number of carboxylic acid groups (broad SMARTS) is 2. The van der Waals surface area contributed by atoms with Crippen molar-refractivity contribution in [2.45, 2.75) is 122 Å². The summed E-state index contributed by atoms with van der Waals surface area (Å²) < 4.78 is 0. The van der Waals surface area contributed by atoms with Crippen LogP contribution in [0.25, 0.3) is 0 Å². The van der Waals surface area contributed by atoms with Gasteiger partial charge in [0.2, 0.25) is 11.8 Å². The van der Waals surface area contributed by atoms with Crippen molar-refractivity contribution in [3.8, 4) is 0 Å². The maximum Gasteiger partial charge on any atom is 0.326 e. The number of carbonyl (C=O) groups excluding carboxylic acids is 2. The van der Waals surface area contributed by atoms with E-state index in [1.165, 1.54) is 32.1 Å². The number of amides is 2. The third-order valence-electron chi connectivity index (χ3n) is 5.41. The van der Waals surface area contributed by atoms with E-state index in [0.717, 1.165) is 51.4 Å². The molecule has 0 aliphatic carbocycles. The van der Waals surface area contributed by atoms with Crippen molar-refractivity contribution in [3.63, 3.8) is 0 Å². The van der Waals surface area contributed by atoms with Crippen LogP contribution in [0.2, 0.25) is 0 Å². The zero-order valence-corrected chi connectivity index (χ0v) is 19.8. The lowest BCUT2D eigenvalue weighted by Crippen LogP contribution is -2.41. The molecule has 0 saturated carbocycles. The van der Waals surface area contributed by atoms with E-state index in [-0.39, 0.29) is 31.1 Å². The summed E-state index contributed by atoms with van der Waals surface area (Å²) in [5.74, 6) is -2.28. The summed E-state index contributed by atoms with van der Waals surface area (Å²) in [4.78, 5) is 45.3. The summed E-state index contributed by atoms with van der Waals surface area (Å²) in [6.45, 7) is 2.51. The summed E-state index contributed by atoms with van der Waals surface area (Å²) in [7, 11) is 0. The Morgan fingerprint density at radius 1 is 0.656 bits per heavy atom. The molecule has 8 heteroatoms. The predicted molar refractivity (Wildman–Crippen MR) is 124 cm³/mol. The molecular formula is C24H44N2O6. The Kier molecular flexibility index (Phi) is 19.4. The molecule has 1 unspecified atom stereocenters. The molecular weight excluding hydrogens is 412 g/mol. The standard InChI is InChI=1S/C24H44N2O6/c1-2-19-25-21(27)18-17-20(24(31)32)26-22(28)15-13-11-9-7-5-3-4-6-8-10-12-14-16-23(29)30/h20H,2-19H2,1H3,(H,25,27)(H,26,28)(H,29,30)(H,31,32). The maximum atomic E-state index is 12.0. The molecule has 0 aliphatic heterocycles. The van der Waals surface area contributed by atoms with Gasteiger partial charge < -0.3 is 20.8 Å². The number of hydrogen-bond acceptors (Lipinski definition) is 4. The topological polar surface area (TPSA) is 133 Å². The molecule has 4 N–H and O–H groups in total. The van der Waals surface area contributed by atoms with Gasteiger partial charge in [-0.25, -0.2) is 4.79 Å². The fourth-order valence-electron chi connectivity index (χ4n) is 3.48. The highest BCUT2D eigenvalue weighted by Crippen LogP contribution is 2.13. The lowest BCUT2D eigenvalue weighted by molar-refractivity contribution is -0.142. The number of hydrogen-bond donors (Lipinski definition) is 4. The van der Waals surface area contributed by atoms with E-state index in [4.69, 9.17) is 5.11 Å².